The van der Waals surface area contributed by atoms with Crippen molar-refractivity contribution in [1.82, 2.24) is 15.2 Å². The summed E-state index contributed by atoms with van der Waals surface area (Å²) >= 11 is 0. The lowest BCUT2D eigenvalue weighted by Gasteiger charge is -2.02. The van der Waals surface area contributed by atoms with E-state index in [4.69, 9.17) is 4.11 Å². The molecule has 0 aromatic carbocycles. The Hall–Kier alpha value is -1.91. The fourth-order valence-electron chi connectivity index (χ4n) is 1.34. The maximum Gasteiger partial charge on any atom is 0.142 e. The van der Waals surface area contributed by atoms with Crippen molar-refractivity contribution in [3.8, 4) is 11.3 Å². The molecule has 0 fully saturated rings. The summed E-state index contributed by atoms with van der Waals surface area (Å²) in [6.45, 7) is -0.690. The van der Waals surface area contributed by atoms with Crippen molar-refractivity contribution < 1.29 is 8.50 Å². The second-order valence-corrected chi connectivity index (χ2v) is 3.08. The van der Waals surface area contributed by atoms with Crippen molar-refractivity contribution >= 4 is 5.69 Å². The van der Waals surface area contributed by atoms with Gasteiger partial charge in [-0.25, -0.2) is 4.39 Å². The normalized spacial score (nSPS) is 14.1. The average molecular weight is 209 g/mol. The molecule has 0 bridgehead atoms. The minimum absolute atomic E-state index is 0.322. The zero-order valence-electron chi connectivity index (χ0n) is 11.0. The SMILES string of the molecule is [2H]C([2H])([2H])Nc1c(C)n[nH]c1-c1cncc(F)c1. The van der Waals surface area contributed by atoms with Crippen molar-refractivity contribution in [2.75, 3.05) is 12.3 Å². The van der Waals surface area contributed by atoms with Crippen molar-refractivity contribution in [2.45, 2.75) is 6.92 Å². The van der Waals surface area contributed by atoms with Crippen LogP contribution in [0.1, 0.15) is 9.81 Å². The van der Waals surface area contributed by atoms with E-state index in [1.54, 1.807) is 6.92 Å². The maximum absolute atomic E-state index is 13.1. The molecule has 0 saturated carbocycles. The summed E-state index contributed by atoms with van der Waals surface area (Å²) in [5.74, 6) is -0.500. The van der Waals surface area contributed by atoms with Crippen LogP contribution in [0.3, 0.4) is 0 Å². The molecule has 0 aliphatic heterocycles. The summed E-state index contributed by atoms with van der Waals surface area (Å²) < 4.78 is 34.7. The summed E-state index contributed by atoms with van der Waals surface area (Å²) in [5.41, 5.74) is 1.64. The molecule has 2 N–H and O–H groups in total. The van der Waals surface area contributed by atoms with Crippen LogP contribution in [0.25, 0.3) is 11.3 Å². The van der Waals surface area contributed by atoms with Gasteiger partial charge in [0.15, 0.2) is 0 Å². The molecule has 4 nitrogen and oxygen atoms in total. The zero-order valence-corrected chi connectivity index (χ0v) is 8.00. The number of H-pyrrole nitrogens is 1. The van der Waals surface area contributed by atoms with Gasteiger partial charge in [-0.3, -0.25) is 10.1 Å². The third-order valence-electron chi connectivity index (χ3n) is 2.07. The van der Waals surface area contributed by atoms with E-state index in [-0.39, 0.29) is 0 Å². The Morgan fingerprint density at radius 1 is 1.53 bits per heavy atom. The Balaban J connectivity index is 2.46. The Morgan fingerprint density at radius 2 is 2.40 bits per heavy atom. The van der Waals surface area contributed by atoms with Gasteiger partial charge in [-0.2, -0.15) is 5.10 Å². The van der Waals surface area contributed by atoms with Crippen LogP contribution in [0.4, 0.5) is 10.1 Å². The number of hydrogen-bond donors (Lipinski definition) is 2. The molecule has 2 heterocycles. The molecular weight excluding hydrogens is 195 g/mol. The Morgan fingerprint density at radius 3 is 3.13 bits per heavy atom. The van der Waals surface area contributed by atoms with Gasteiger partial charge < -0.3 is 5.32 Å². The number of rotatable bonds is 2. The smallest absolute Gasteiger partial charge is 0.142 e. The number of nitrogens with one attached hydrogen (secondary N) is 2. The minimum atomic E-state index is -2.34. The first-order valence-corrected chi connectivity index (χ1v) is 4.31. The summed E-state index contributed by atoms with van der Waals surface area (Å²) in [6.07, 6.45) is 2.50. The lowest BCUT2D eigenvalue weighted by atomic mass is 10.1. The first-order chi connectivity index (χ1) is 8.37. The predicted octanol–water partition coefficient (Wildman–Crippen LogP) is 1.96. The largest absolute Gasteiger partial charge is 0.385 e. The second kappa shape index (κ2) is 3.68. The standard InChI is InChI=1S/C10H11FN4/c1-6-9(12-2)10(15-14-6)7-3-8(11)5-13-4-7/h3-5,12H,1-2H3,(H,14,15)/i2D3. The van der Waals surface area contributed by atoms with Gasteiger partial charge in [-0.05, 0) is 13.0 Å². The quantitative estimate of drug-likeness (QED) is 0.795. The van der Waals surface area contributed by atoms with Gasteiger partial charge in [-0.1, -0.05) is 0 Å². The molecule has 78 valence electrons. The highest BCUT2D eigenvalue weighted by molar-refractivity contribution is 5.75. The van der Waals surface area contributed by atoms with E-state index in [2.05, 4.69) is 20.5 Å². The molecular formula is C10H11FN4. The van der Waals surface area contributed by atoms with Crippen LogP contribution in [-0.4, -0.2) is 22.2 Å². The van der Waals surface area contributed by atoms with E-state index in [0.717, 1.165) is 6.20 Å². The number of aromatic nitrogens is 3. The molecule has 0 aliphatic rings. The monoisotopic (exact) mass is 209 g/mol. The molecule has 0 spiro atoms. The van der Waals surface area contributed by atoms with Crippen LogP contribution in [-0.2, 0) is 0 Å². The number of nitrogens with zero attached hydrogens (tertiary/aromatic N) is 2. The third-order valence-corrected chi connectivity index (χ3v) is 2.07. The predicted molar refractivity (Wildman–Crippen MR) is 56.1 cm³/mol. The molecule has 0 atom stereocenters. The highest BCUT2D eigenvalue weighted by Crippen LogP contribution is 2.27. The molecule has 2 aromatic heterocycles. The summed E-state index contributed by atoms with van der Waals surface area (Å²) in [5, 5.41) is 8.96. The molecule has 0 saturated heterocycles. The molecule has 15 heavy (non-hydrogen) atoms. The number of pyridine rings is 1. The van der Waals surface area contributed by atoms with Gasteiger partial charge in [0.2, 0.25) is 0 Å². The number of aryl methyl sites for hydroxylation is 1. The van der Waals surface area contributed by atoms with Gasteiger partial charge in [0.05, 0.1) is 23.3 Å². The van der Waals surface area contributed by atoms with Crippen molar-refractivity contribution in [3.63, 3.8) is 0 Å². The fourth-order valence-corrected chi connectivity index (χ4v) is 1.34. The molecule has 0 unspecified atom stereocenters. The molecule has 0 radical (unpaired) electrons. The highest BCUT2D eigenvalue weighted by atomic mass is 19.1. The van der Waals surface area contributed by atoms with E-state index in [9.17, 15) is 4.39 Å². The molecule has 0 aliphatic carbocycles. The van der Waals surface area contributed by atoms with Crippen molar-refractivity contribution in [3.05, 3.63) is 30.0 Å². The van der Waals surface area contributed by atoms with Crippen LogP contribution in [0.2, 0.25) is 0 Å². The fraction of sp³-hybridized carbons (Fsp3) is 0.200. The lowest BCUT2D eigenvalue weighted by Crippen LogP contribution is -1.92. The number of hydrogen-bond acceptors (Lipinski definition) is 3. The van der Waals surface area contributed by atoms with Gasteiger partial charge in [0, 0.05) is 22.8 Å². The van der Waals surface area contributed by atoms with Gasteiger partial charge in [0.1, 0.15) is 5.82 Å². The Labute approximate surface area is 90.8 Å². The lowest BCUT2D eigenvalue weighted by molar-refractivity contribution is 0.622. The second-order valence-electron chi connectivity index (χ2n) is 3.08. The van der Waals surface area contributed by atoms with Crippen molar-refractivity contribution in [2.24, 2.45) is 0 Å². The maximum atomic E-state index is 13.1. The average Bonchev–Trinajstić information content (AvgIpc) is 2.58. The molecule has 0 amide bonds. The Kier molecular flexibility index (Phi) is 1.61. The summed E-state index contributed by atoms with van der Waals surface area (Å²) in [4.78, 5) is 3.72. The van der Waals surface area contributed by atoms with Gasteiger partial charge in [0.25, 0.3) is 0 Å². The highest BCUT2D eigenvalue weighted by Gasteiger charge is 2.10. The van der Waals surface area contributed by atoms with E-state index in [0.29, 0.717) is 22.6 Å². The van der Waals surface area contributed by atoms with Gasteiger partial charge in [-0.15, -0.1) is 0 Å². The zero-order chi connectivity index (χ0) is 13.3. The molecule has 5 heteroatoms. The van der Waals surface area contributed by atoms with Crippen LogP contribution < -0.4 is 5.32 Å². The third kappa shape index (κ3) is 1.68. The number of anilines is 1. The first-order valence-electron chi connectivity index (χ1n) is 5.81. The minimum Gasteiger partial charge on any atom is -0.385 e. The number of halogens is 1. The van der Waals surface area contributed by atoms with E-state index >= 15 is 0 Å². The molecule has 2 aromatic rings. The van der Waals surface area contributed by atoms with Crippen LogP contribution >= 0.6 is 0 Å². The Bertz CT molecular complexity index is 564. The van der Waals surface area contributed by atoms with E-state index in [1.165, 1.54) is 12.3 Å². The van der Waals surface area contributed by atoms with Crippen LogP contribution in [0.15, 0.2) is 18.5 Å². The van der Waals surface area contributed by atoms with Crippen LogP contribution in [0, 0.1) is 12.7 Å². The van der Waals surface area contributed by atoms with Gasteiger partial charge >= 0.3 is 0 Å². The number of aromatic amines is 1. The molecule has 2 rings (SSSR count). The summed E-state index contributed by atoms with van der Waals surface area (Å²) in [6, 6.07) is 1.25. The van der Waals surface area contributed by atoms with Crippen molar-refractivity contribution in [1.29, 1.82) is 0 Å². The topological polar surface area (TPSA) is 53.6 Å². The first kappa shape index (κ1) is 6.55. The van der Waals surface area contributed by atoms with E-state index in [1.807, 2.05) is 0 Å². The van der Waals surface area contributed by atoms with E-state index < -0.39 is 12.8 Å². The van der Waals surface area contributed by atoms with Crippen LogP contribution in [0.5, 0.6) is 0 Å². The summed E-state index contributed by atoms with van der Waals surface area (Å²) in [7, 11) is 0.